The summed E-state index contributed by atoms with van der Waals surface area (Å²) in [5, 5.41) is 9.76. The predicted molar refractivity (Wildman–Crippen MR) is 101 cm³/mol. The molecule has 0 saturated carbocycles. The van der Waals surface area contributed by atoms with Crippen molar-refractivity contribution in [3.63, 3.8) is 0 Å². The van der Waals surface area contributed by atoms with E-state index in [-0.39, 0.29) is 31.0 Å². The fourth-order valence-electron chi connectivity index (χ4n) is 2.71. The number of halogens is 3. The minimum atomic E-state index is -4.58. The zero-order chi connectivity index (χ0) is 23.2. The summed E-state index contributed by atoms with van der Waals surface area (Å²) in [6.07, 6.45) is -4.49. The van der Waals surface area contributed by atoms with Gasteiger partial charge in [0.05, 0.1) is 18.8 Å². The van der Waals surface area contributed by atoms with Crippen LogP contribution in [0.1, 0.15) is 59.8 Å². The Labute approximate surface area is 175 Å². The summed E-state index contributed by atoms with van der Waals surface area (Å²) < 4.78 is 49.5. The summed E-state index contributed by atoms with van der Waals surface area (Å²) in [6.45, 7) is 4.70. The van der Waals surface area contributed by atoms with Crippen LogP contribution < -0.4 is 5.32 Å². The molecule has 1 aromatic heterocycles. The van der Waals surface area contributed by atoms with Crippen molar-refractivity contribution in [1.29, 1.82) is 0 Å². The Morgan fingerprint density at radius 2 is 1.74 bits per heavy atom. The van der Waals surface area contributed by atoms with Gasteiger partial charge in [-0.15, -0.1) is 5.10 Å². The fourth-order valence-corrected chi connectivity index (χ4v) is 2.71. The zero-order valence-electron chi connectivity index (χ0n) is 17.0. The maximum Gasteiger partial charge on any atom is 0.416 e. The van der Waals surface area contributed by atoms with Crippen LogP contribution in [0, 0.1) is 0 Å². The number of rotatable bonds is 8. The third kappa shape index (κ3) is 5.58. The molecule has 1 heterocycles. The molecule has 0 aliphatic carbocycles. The standard InChI is InChI=1S/C19H21F3N4O5/c1-4-13(16(27)23-12-9-7-8-11(10-12)19(20,21)22)26-15(18(29)31-6-3)14(24-25-26)17(28)30-5-2/h7-10,13H,4-6H2,1-3H3,(H,23,27)/t13-/m0/s1. The summed E-state index contributed by atoms with van der Waals surface area (Å²) in [6, 6.07) is 2.93. The van der Waals surface area contributed by atoms with E-state index in [9.17, 15) is 27.6 Å². The lowest BCUT2D eigenvalue weighted by Crippen LogP contribution is -2.30. The highest BCUT2D eigenvalue weighted by molar-refractivity contribution is 6.01. The number of carbonyl (C=O) groups is 3. The molecule has 0 bridgehead atoms. The van der Waals surface area contributed by atoms with Gasteiger partial charge in [0.2, 0.25) is 11.6 Å². The first-order valence-electron chi connectivity index (χ1n) is 9.41. The number of carbonyl (C=O) groups excluding carboxylic acids is 3. The second kappa shape index (κ2) is 10.0. The van der Waals surface area contributed by atoms with E-state index < -0.39 is 41.3 Å². The number of aromatic nitrogens is 3. The quantitative estimate of drug-likeness (QED) is 0.625. The van der Waals surface area contributed by atoms with Crippen molar-refractivity contribution in [3.8, 4) is 0 Å². The molecular weight excluding hydrogens is 421 g/mol. The van der Waals surface area contributed by atoms with E-state index in [1.807, 2.05) is 0 Å². The number of esters is 2. The summed E-state index contributed by atoms with van der Waals surface area (Å²) in [4.78, 5) is 37.4. The van der Waals surface area contributed by atoms with Gasteiger partial charge in [-0.1, -0.05) is 18.2 Å². The minimum Gasteiger partial charge on any atom is -0.461 e. The summed E-state index contributed by atoms with van der Waals surface area (Å²) >= 11 is 0. The van der Waals surface area contributed by atoms with Crippen LogP contribution in [-0.2, 0) is 20.4 Å². The summed E-state index contributed by atoms with van der Waals surface area (Å²) in [5.74, 6) is -2.63. The average molecular weight is 442 g/mol. The maximum atomic E-state index is 12.9. The van der Waals surface area contributed by atoms with Gasteiger partial charge >= 0.3 is 18.1 Å². The van der Waals surface area contributed by atoms with Crippen LogP contribution in [0.5, 0.6) is 0 Å². The lowest BCUT2D eigenvalue weighted by molar-refractivity contribution is -0.137. The molecule has 1 aromatic carbocycles. The predicted octanol–water partition coefficient (Wildman–Crippen LogP) is 3.24. The topological polar surface area (TPSA) is 112 Å². The van der Waals surface area contributed by atoms with Crippen LogP contribution in [0.4, 0.5) is 18.9 Å². The molecule has 0 fully saturated rings. The third-order valence-corrected chi connectivity index (χ3v) is 4.07. The number of hydrogen-bond donors (Lipinski definition) is 1. The van der Waals surface area contributed by atoms with Crippen molar-refractivity contribution < 1.29 is 37.0 Å². The SMILES string of the molecule is CCOC(=O)c1nnn([C@@H](CC)C(=O)Nc2cccc(C(F)(F)F)c2)c1C(=O)OCC. The second-order valence-electron chi connectivity index (χ2n) is 6.16. The molecule has 168 valence electrons. The normalized spacial score (nSPS) is 12.2. The molecule has 2 rings (SSSR count). The summed E-state index contributed by atoms with van der Waals surface area (Å²) in [5.41, 5.74) is -1.84. The van der Waals surface area contributed by atoms with Gasteiger partial charge in [0, 0.05) is 5.69 Å². The van der Waals surface area contributed by atoms with E-state index in [1.165, 1.54) is 6.07 Å². The first kappa shape index (κ1) is 23.8. The molecule has 0 unspecified atom stereocenters. The number of nitrogens with zero attached hydrogens (tertiary/aromatic N) is 3. The lowest BCUT2D eigenvalue weighted by Gasteiger charge is -2.17. The van der Waals surface area contributed by atoms with E-state index in [0.29, 0.717) is 0 Å². The van der Waals surface area contributed by atoms with Gasteiger partial charge in [-0.3, -0.25) is 4.79 Å². The molecular formula is C19H21F3N4O5. The molecule has 0 saturated heterocycles. The Morgan fingerprint density at radius 3 is 2.32 bits per heavy atom. The van der Waals surface area contributed by atoms with Crippen molar-refractivity contribution >= 4 is 23.5 Å². The minimum absolute atomic E-state index is 0.0144. The zero-order valence-corrected chi connectivity index (χ0v) is 17.0. The second-order valence-corrected chi connectivity index (χ2v) is 6.16. The van der Waals surface area contributed by atoms with Crippen molar-refractivity contribution in [2.75, 3.05) is 18.5 Å². The molecule has 0 radical (unpaired) electrons. The Kier molecular flexibility index (Phi) is 7.72. The monoisotopic (exact) mass is 442 g/mol. The van der Waals surface area contributed by atoms with Crippen LogP contribution in [-0.4, -0.2) is 46.1 Å². The van der Waals surface area contributed by atoms with Gasteiger partial charge < -0.3 is 14.8 Å². The number of hydrogen-bond acceptors (Lipinski definition) is 7. The Hall–Kier alpha value is -3.44. The largest absolute Gasteiger partial charge is 0.461 e. The molecule has 12 heteroatoms. The van der Waals surface area contributed by atoms with Gasteiger partial charge in [-0.2, -0.15) is 13.2 Å². The van der Waals surface area contributed by atoms with Crippen LogP contribution in [0.15, 0.2) is 24.3 Å². The van der Waals surface area contributed by atoms with Crippen molar-refractivity contribution in [3.05, 3.63) is 41.2 Å². The maximum absolute atomic E-state index is 12.9. The summed E-state index contributed by atoms with van der Waals surface area (Å²) in [7, 11) is 0. The highest BCUT2D eigenvalue weighted by Crippen LogP contribution is 2.31. The van der Waals surface area contributed by atoms with Gasteiger partial charge in [0.1, 0.15) is 6.04 Å². The highest BCUT2D eigenvalue weighted by atomic mass is 19.4. The molecule has 1 N–H and O–H groups in total. The molecule has 1 atom stereocenters. The Morgan fingerprint density at radius 1 is 1.10 bits per heavy atom. The van der Waals surface area contributed by atoms with E-state index >= 15 is 0 Å². The lowest BCUT2D eigenvalue weighted by atomic mass is 10.1. The first-order valence-corrected chi connectivity index (χ1v) is 9.41. The van der Waals surface area contributed by atoms with Gasteiger partial charge in [0.25, 0.3) is 0 Å². The molecule has 9 nitrogen and oxygen atoms in total. The number of nitrogens with one attached hydrogen (secondary N) is 1. The average Bonchev–Trinajstić information content (AvgIpc) is 3.13. The van der Waals surface area contributed by atoms with E-state index in [4.69, 9.17) is 9.47 Å². The van der Waals surface area contributed by atoms with Crippen LogP contribution in [0.25, 0.3) is 0 Å². The molecule has 1 amide bonds. The number of anilines is 1. The smallest absolute Gasteiger partial charge is 0.416 e. The molecule has 2 aromatic rings. The third-order valence-electron chi connectivity index (χ3n) is 4.07. The van der Waals surface area contributed by atoms with E-state index in [1.54, 1.807) is 20.8 Å². The highest BCUT2D eigenvalue weighted by Gasteiger charge is 2.34. The van der Waals surface area contributed by atoms with Crippen LogP contribution in [0.3, 0.4) is 0 Å². The number of benzene rings is 1. The molecule has 31 heavy (non-hydrogen) atoms. The van der Waals surface area contributed by atoms with Crippen LogP contribution >= 0.6 is 0 Å². The van der Waals surface area contributed by atoms with Crippen LogP contribution in [0.2, 0.25) is 0 Å². The van der Waals surface area contributed by atoms with Crippen molar-refractivity contribution in [2.45, 2.75) is 39.4 Å². The van der Waals surface area contributed by atoms with Crippen molar-refractivity contribution in [2.24, 2.45) is 0 Å². The Bertz CT molecular complexity index is 958. The first-order chi connectivity index (χ1) is 14.6. The fraction of sp³-hybridized carbons (Fsp3) is 0.421. The van der Waals surface area contributed by atoms with Gasteiger partial charge in [-0.25, -0.2) is 14.3 Å². The number of amides is 1. The van der Waals surface area contributed by atoms with Gasteiger partial charge in [-0.05, 0) is 38.5 Å². The van der Waals surface area contributed by atoms with Crippen molar-refractivity contribution in [1.82, 2.24) is 15.0 Å². The number of ether oxygens (including phenoxy) is 2. The Balaban J connectivity index is 2.40. The van der Waals surface area contributed by atoms with Gasteiger partial charge in [0.15, 0.2) is 5.69 Å². The van der Waals surface area contributed by atoms with E-state index in [0.717, 1.165) is 22.9 Å². The molecule has 0 aliphatic rings. The number of alkyl halides is 3. The molecule has 0 aliphatic heterocycles. The molecule has 0 spiro atoms. The van der Waals surface area contributed by atoms with E-state index in [2.05, 4.69) is 15.6 Å².